The highest BCUT2D eigenvalue weighted by Crippen LogP contribution is 2.77. The van der Waals surface area contributed by atoms with E-state index in [-0.39, 0.29) is 33.7 Å². The van der Waals surface area contributed by atoms with Crippen LogP contribution in [0.5, 0.6) is 0 Å². The largest absolute Gasteiger partial charge is 0.462 e. The van der Waals surface area contributed by atoms with E-state index < -0.39 is 0 Å². The van der Waals surface area contributed by atoms with E-state index in [1.165, 1.54) is 44.0 Å². The maximum atomic E-state index is 12.6. The highest BCUT2D eigenvalue weighted by atomic mass is 16.5. The number of rotatable bonds is 3. The minimum Gasteiger partial charge on any atom is -0.462 e. The zero-order valence-corrected chi connectivity index (χ0v) is 23.5. The summed E-state index contributed by atoms with van der Waals surface area (Å²) in [6, 6.07) is 0. The first kappa shape index (κ1) is 25.5. The van der Waals surface area contributed by atoms with Crippen LogP contribution in [0.15, 0.2) is 12.2 Å². The molecule has 0 radical (unpaired) electrons. The molecule has 0 spiro atoms. The minimum atomic E-state index is -0.134. The summed E-state index contributed by atoms with van der Waals surface area (Å²) < 4.78 is 5.89. The summed E-state index contributed by atoms with van der Waals surface area (Å²) in [6.45, 7) is 20.8. The molecule has 5 aliphatic carbocycles. The second kappa shape index (κ2) is 7.94. The zero-order valence-electron chi connectivity index (χ0n) is 23.5. The summed E-state index contributed by atoms with van der Waals surface area (Å²) in [4.78, 5) is 24.5. The van der Waals surface area contributed by atoms with Crippen LogP contribution in [0, 0.1) is 56.7 Å². The van der Waals surface area contributed by atoms with Crippen molar-refractivity contribution in [2.75, 3.05) is 0 Å². The van der Waals surface area contributed by atoms with E-state index in [2.05, 4.69) is 48.1 Å². The van der Waals surface area contributed by atoms with E-state index in [1.54, 1.807) is 6.92 Å². The molecule has 1 unspecified atom stereocenters. The van der Waals surface area contributed by atoms with E-state index >= 15 is 0 Å². The summed E-state index contributed by atoms with van der Waals surface area (Å²) in [6.07, 6.45) is 13.1. The Morgan fingerprint density at radius 3 is 2.17 bits per heavy atom. The van der Waals surface area contributed by atoms with Gasteiger partial charge in [-0.1, -0.05) is 46.8 Å². The van der Waals surface area contributed by atoms with Crippen molar-refractivity contribution in [3.05, 3.63) is 12.2 Å². The van der Waals surface area contributed by atoms with Gasteiger partial charge in [0.05, 0.1) is 0 Å². The van der Waals surface area contributed by atoms with Gasteiger partial charge in [-0.2, -0.15) is 0 Å². The second-order valence-electron chi connectivity index (χ2n) is 15.0. The number of carbonyl (C=O) groups is 2. The number of fused-ring (bicyclic) bond motifs is 7. The molecular weight excluding hydrogens is 432 g/mol. The monoisotopic (exact) mass is 482 g/mol. The van der Waals surface area contributed by atoms with Crippen molar-refractivity contribution in [1.82, 2.24) is 0 Å². The molecule has 35 heavy (non-hydrogen) atoms. The third-order valence-corrected chi connectivity index (χ3v) is 13.6. The van der Waals surface area contributed by atoms with Gasteiger partial charge in [0.15, 0.2) is 0 Å². The van der Waals surface area contributed by atoms with Crippen LogP contribution in [0.1, 0.15) is 113 Å². The number of allylic oxidation sites excluding steroid dienone is 1. The lowest BCUT2D eigenvalue weighted by molar-refractivity contribution is -0.247. The van der Waals surface area contributed by atoms with Crippen molar-refractivity contribution in [1.29, 1.82) is 0 Å². The van der Waals surface area contributed by atoms with Crippen LogP contribution in [0.3, 0.4) is 0 Å². The Bertz CT molecular complexity index is 920. The number of carbonyl (C=O) groups excluding carboxylic acids is 2. The summed E-state index contributed by atoms with van der Waals surface area (Å²) in [5, 5.41) is 0. The molecule has 10 atom stereocenters. The van der Waals surface area contributed by atoms with Crippen molar-refractivity contribution in [2.45, 2.75) is 119 Å². The summed E-state index contributed by atoms with van der Waals surface area (Å²) >= 11 is 0. The second-order valence-corrected chi connectivity index (χ2v) is 15.0. The molecule has 0 aromatic carbocycles. The molecule has 0 bridgehead atoms. The summed E-state index contributed by atoms with van der Waals surface area (Å²) in [5.74, 6) is 2.76. The fourth-order valence-corrected chi connectivity index (χ4v) is 11.8. The Morgan fingerprint density at radius 1 is 0.829 bits per heavy atom. The lowest BCUT2D eigenvalue weighted by atomic mass is 9.32. The van der Waals surface area contributed by atoms with Crippen molar-refractivity contribution < 1.29 is 14.3 Å². The smallest absolute Gasteiger partial charge is 0.302 e. The molecule has 5 aliphatic rings. The van der Waals surface area contributed by atoms with Crippen molar-refractivity contribution in [3.8, 4) is 0 Å². The molecule has 5 fully saturated rings. The molecule has 5 saturated carbocycles. The van der Waals surface area contributed by atoms with Crippen LogP contribution < -0.4 is 0 Å². The summed E-state index contributed by atoms with van der Waals surface area (Å²) in [5.41, 5.74) is 2.05. The minimum absolute atomic E-state index is 0.00743. The van der Waals surface area contributed by atoms with Crippen molar-refractivity contribution in [3.63, 3.8) is 0 Å². The predicted octanol–water partition coefficient (Wildman–Crippen LogP) is 7.77. The van der Waals surface area contributed by atoms with Crippen molar-refractivity contribution >= 4 is 12.3 Å². The molecular formula is C32H50O3. The first-order valence-corrected chi connectivity index (χ1v) is 14.6. The van der Waals surface area contributed by atoms with Crippen LogP contribution in [0.4, 0.5) is 0 Å². The Morgan fingerprint density at radius 2 is 1.54 bits per heavy atom. The van der Waals surface area contributed by atoms with E-state index in [4.69, 9.17) is 4.74 Å². The average molecular weight is 483 g/mol. The zero-order chi connectivity index (χ0) is 25.6. The number of hydrogen-bond acceptors (Lipinski definition) is 3. The van der Waals surface area contributed by atoms with Gasteiger partial charge in [-0.05, 0) is 117 Å². The average Bonchev–Trinajstić information content (AvgIpc) is 3.16. The molecule has 3 heteroatoms. The number of aldehydes is 1. The first-order valence-electron chi connectivity index (χ1n) is 14.6. The molecule has 5 rings (SSSR count). The Balaban J connectivity index is 1.51. The molecule has 0 amide bonds. The van der Waals surface area contributed by atoms with Crippen LogP contribution >= 0.6 is 0 Å². The Labute approximate surface area is 214 Å². The molecule has 0 aliphatic heterocycles. The molecule has 0 saturated heterocycles. The highest BCUT2D eigenvalue weighted by Gasteiger charge is 2.71. The molecule has 3 nitrogen and oxygen atoms in total. The predicted molar refractivity (Wildman–Crippen MR) is 141 cm³/mol. The molecule has 196 valence electrons. The lowest BCUT2D eigenvalue weighted by Crippen LogP contribution is -2.66. The van der Waals surface area contributed by atoms with Gasteiger partial charge in [0.1, 0.15) is 12.4 Å². The first-order chi connectivity index (χ1) is 16.3. The van der Waals surface area contributed by atoms with Gasteiger partial charge in [0.25, 0.3) is 0 Å². The van der Waals surface area contributed by atoms with Gasteiger partial charge >= 0.3 is 5.97 Å². The van der Waals surface area contributed by atoms with Crippen molar-refractivity contribution in [2.24, 2.45) is 56.7 Å². The topological polar surface area (TPSA) is 43.4 Å². The highest BCUT2D eigenvalue weighted by molar-refractivity contribution is 5.66. The van der Waals surface area contributed by atoms with Gasteiger partial charge in [-0.15, -0.1) is 0 Å². The van der Waals surface area contributed by atoms with Crippen LogP contribution in [-0.4, -0.2) is 18.4 Å². The molecule has 0 N–H and O–H groups in total. The number of hydrogen-bond donors (Lipinski definition) is 0. The molecule has 0 heterocycles. The van der Waals surface area contributed by atoms with Gasteiger partial charge in [0, 0.05) is 17.8 Å². The quantitative estimate of drug-likeness (QED) is 0.234. The van der Waals surface area contributed by atoms with Crippen LogP contribution in [-0.2, 0) is 14.3 Å². The number of ether oxygens (including phenoxy) is 1. The SMILES string of the molecule is C=C(C)[C@@H]1CC[C@]2(C=O)CC[C@]3(C)[C@H](CC[C@@H]4[C@@]5(C)CCC(OC(C)=O)C(C)(C)[C@@H]5CC[C@]43C)[C@@H]12. The van der Waals surface area contributed by atoms with Gasteiger partial charge in [0.2, 0.25) is 0 Å². The molecule has 0 aromatic rings. The Hall–Kier alpha value is -1.12. The maximum Gasteiger partial charge on any atom is 0.302 e. The standard InChI is InChI=1S/C32H50O3/c1-20(2)22-11-16-32(19-33)18-17-30(7)23(27(22)32)9-10-25-29(6)14-13-26(35-21(3)34)28(4,5)24(29)12-15-31(25,30)8/h19,22-27H,1,9-18H2,2-8H3/t22-,23+,24-,25+,26?,27+,29-,30+,31+,32+/m0/s1. The van der Waals surface area contributed by atoms with E-state index in [0.717, 1.165) is 32.1 Å². The lowest BCUT2D eigenvalue weighted by Gasteiger charge is -2.72. The van der Waals surface area contributed by atoms with E-state index in [0.29, 0.717) is 35.0 Å². The van der Waals surface area contributed by atoms with Gasteiger partial charge < -0.3 is 9.53 Å². The molecule has 0 aromatic heterocycles. The van der Waals surface area contributed by atoms with E-state index in [1.807, 2.05) is 0 Å². The van der Waals surface area contributed by atoms with Gasteiger partial charge in [-0.25, -0.2) is 0 Å². The normalized spacial score (nSPS) is 52.3. The van der Waals surface area contributed by atoms with Crippen LogP contribution in [0.25, 0.3) is 0 Å². The fourth-order valence-electron chi connectivity index (χ4n) is 11.8. The van der Waals surface area contributed by atoms with Crippen LogP contribution in [0.2, 0.25) is 0 Å². The number of esters is 1. The maximum absolute atomic E-state index is 12.6. The third-order valence-electron chi connectivity index (χ3n) is 13.6. The van der Waals surface area contributed by atoms with E-state index in [9.17, 15) is 9.59 Å². The fraction of sp³-hybridized carbons (Fsp3) is 0.875. The van der Waals surface area contributed by atoms with Gasteiger partial charge in [-0.3, -0.25) is 4.79 Å². The Kier molecular flexibility index (Phi) is 5.79. The third kappa shape index (κ3) is 3.21. The summed E-state index contributed by atoms with van der Waals surface area (Å²) in [7, 11) is 0.